The Bertz CT molecular complexity index is 760. The molecule has 138 valence electrons. The highest BCUT2D eigenvalue weighted by Gasteiger charge is 2.24. The summed E-state index contributed by atoms with van der Waals surface area (Å²) in [5.74, 6) is -0.133. The van der Waals surface area contributed by atoms with Gasteiger partial charge >= 0.3 is 0 Å². The molecule has 0 aliphatic carbocycles. The number of nitro groups is 1. The number of nitrogens with zero attached hydrogens (tertiary/aromatic N) is 2. The lowest BCUT2D eigenvalue weighted by Crippen LogP contribution is -2.09. The van der Waals surface area contributed by atoms with Gasteiger partial charge in [0.25, 0.3) is 5.69 Å². The molecule has 26 heavy (non-hydrogen) atoms. The molecule has 0 unspecified atom stereocenters. The molecular formula is C20H25N3O3. The van der Waals surface area contributed by atoms with E-state index in [2.05, 4.69) is 11.9 Å². The van der Waals surface area contributed by atoms with Gasteiger partial charge in [0.2, 0.25) is 0 Å². The van der Waals surface area contributed by atoms with Gasteiger partial charge in [-0.3, -0.25) is 19.9 Å². The number of pyridine rings is 1. The fourth-order valence-electron chi connectivity index (χ4n) is 2.98. The van der Waals surface area contributed by atoms with E-state index in [1.807, 2.05) is 6.07 Å². The summed E-state index contributed by atoms with van der Waals surface area (Å²) in [4.78, 5) is 27.6. The molecule has 2 rings (SSSR count). The van der Waals surface area contributed by atoms with Crippen molar-refractivity contribution in [3.63, 3.8) is 0 Å². The minimum atomic E-state index is -0.508. The number of nitrogen functional groups attached to an aromatic ring is 1. The quantitative estimate of drug-likeness (QED) is 0.219. The highest BCUT2D eigenvalue weighted by molar-refractivity contribution is 6.02. The highest BCUT2D eigenvalue weighted by atomic mass is 16.6. The number of rotatable bonds is 10. The number of carbonyl (C=O) groups is 1. The number of nitro benzene ring substituents is 1. The van der Waals surface area contributed by atoms with Crippen molar-refractivity contribution in [1.82, 2.24) is 4.98 Å². The van der Waals surface area contributed by atoms with Crippen LogP contribution in [0.1, 0.15) is 67.1 Å². The zero-order valence-corrected chi connectivity index (χ0v) is 15.1. The van der Waals surface area contributed by atoms with E-state index in [9.17, 15) is 14.9 Å². The van der Waals surface area contributed by atoms with Gasteiger partial charge in [0.1, 0.15) is 5.69 Å². The van der Waals surface area contributed by atoms with Crippen LogP contribution in [0.3, 0.4) is 0 Å². The minimum absolute atomic E-state index is 0.0398. The maximum atomic E-state index is 12.4. The van der Waals surface area contributed by atoms with Gasteiger partial charge in [0, 0.05) is 35.9 Å². The highest BCUT2D eigenvalue weighted by Crippen LogP contribution is 2.32. The van der Waals surface area contributed by atoms with E-state index < -0.39 is 4.92 Å². The van der Waals surface area contributed by atoms with Crippen molar-refractivity contribution in [2.45, 2.75) is 51.9 Å². The lowest BCUT2D eigenvalue weighted by Gasteiger charge is -2.10. The fourth-order valence-corrected chi connectivity index (χ4v) is 2.98. The second kappa shape index (κ2) is 9.65. The lowest BCUT2D eigenvalue weighted by atomic mass is 9.97. The number of aromatic nitrogens is 1. The molecule has 0 aliphatic rings. The van der Waals surface area contributed by atoms with Crippen LogP contribution in [0.5, 0.6) is 0 Å². The molecular weight excluding hydrogens is 330 g/mol. The Kier molecular flexibility index (Phi) is 7.26. The Balaban J connectivity index is 2.18. The third-order valence-corrected chi connectivity index (χ3v) is 4.39. The molecule has 0 atom stereocenters. The first-order valence-electron chi connectivity index (χ1n) is 9.03. The van der Waals surface area contributed by atoms with Crippen LogP contribution in [-0.2, 0) is 6.42 Å². The normalized spacial score (nSPS) is 10.7. The van der Waals surface area contributed by atoms with Crippen molar-refractivity contribution in [3.8, 4) is 0 Å². The standard InChI is InChI=1S/C20H25N3O3/c1-2-3-4-5-6-10-18(24)17-12-11-15(20(19(17)21)23(25)26)14-16-9-7-8-13-22-16/h7-9,11-13H,2-6,10,14,21H2,1H3. The molecule has 0 saturated heterocycles. The van der Waals surface area contributed by atoms with Crippen LogP contribution in [0.15, 0.2) is 36.5 Å². The smallest absolute Gasteiger partial charge is 0.296 e. The van der Waals surface area contributed by atoms with Crippen LogP contribution in [-0.4, -0.2) is 15.7 Å². The predicted octanol–water partition coefficient (Wildman–Crippen LogP) is 4.71. The van der Waals surface area contributed by atoms with E-state index >= 15 is 0 Å². The average molecular weight is 355 g/mol. The van der Waals surface area contributed by atoms with Gasteiger partial charge in [-0.05, 0) is 24.6 Å². The van der Waals surface area contributed by atoms with Gasteiger partial charge in [0.05, 0.1) is 4.92 Å². The van der Waals surface area contributed by atoms with E-state index in [-0.39, 0.29) is 22.7 Å². The first-order chi connectivity index (χ1) is 12.5. The molecule has 0 saturated carbocycles. The number of hydrogen-bond acceptors (Lipinski definition) is 5. The second-order valence-corrected chi connectivity index (χ2v) is 6.38. The molecule has 0 fully saturated rings. The third kappa shape index (κ3) is 5.12. The molecule has 1 aromatic carbocycles. The van der Waals surface area contributed by atoms with E-state index in [0.29, 0.717) is 24.1 Å². The van der Waals surface area contributed by atoms with Crippen molar-refractivity contribution in [3.05, 3.63) is 63.5 Å². The summed E-state index contributed by atoms with van der Waals surface area (Å²) >= 11 is 0. The molecule has 0 spiro atoms. The Morgan fingerprint density at radius 3 is 2.58 bits per heavy atom. The van der Waals surface area contributed by atoms with Crippen molar-refractivity contribution in [2.24, 2.45) is 0 Å². The molecule has 1 heterocycles. The molecule has 6 heteroatoms. The molecule has 1 aromatic heterocycles. The Morgan fingerprint density at radius 1 is 1.15 bits per heavy atom. The summed E-state index contributed by atoms with van der Waals surface area (Å²) < 4.78 is 0. The van der Waals surface area contributed by atoms with Crippen LogP contribution >= 0.6 is 0 Å². The van der Waals surface area contributed by atoms with Crippen LogP contribution in [0.25, 0.3) is 0 Å². The van der Waals surface area contributed by atoms with Gasteiger partial charge in [-0.1, -0.05) is 44.7 Å². The van der Waals surface area contributed by atoms with Gasteiger partial charge in [-0.2, -0.15) is 0 Å². The Labute approximate surface area is 153 Å². The van der Waals surface area contributed by atoms with Crippen molar-refractivity contribution in [1.29, 1.82) is 0 Å². The molecule has 0 aliphatic heterocycles. The summed E-state index contributed by atoms with van der Waals surface area (Å²) in [6, 6.07) is 8.64. The van der Waals surface area contributed by atoms with Crippen LogP contribution in [0.2, 0.25) is 0 Å². The fraction of sp³-hybridized carbons (Fsp3) is 0.400. The third-order valence-electron chi connectivity index (χ3n) is 4.39. The van der Waals surface area contributed by atoms with E-state index in [1.54, 1.807) is 30.5 Å². The van der Waals surface area contributed by atoms with Gasteiger partial charge < -0.3 is 5.73 Å². The van der Waals surface area contributed by atoms with E-state index in [1.165, 1.54) is 0 Å². The van der Waals surface area contributed by atoms with E-state index in [4.69, 9.17) is 5.73 Å². The summed E-state index contributed by atoms with van der Waals surface area (Å²) in [5.41, 5.74) is 7.21. The first-order valence-corrected chi connectivity index (χ1v) is 9.03. The van der Waals surface area contributed by atoms with Crippen molar-refractivity contribution >= 4 is 17.2 Å². The second-order valence-electron chi connectivity index (χ2n) is 6.38. The summed E-state index contributed by atoms with van der Waals surface area (Å²) in [7, 11) is 0. The average Bonchev–Trinajstić information content (AvgIpc) is 2.62. The van der Waals surface area contributed by atoms with Crippen molar-refractivity contribution in [2.75, 3.05) is 5.73 Å². The van der Waals surface area contributed by atoms with E-state index in [0.717, 1.165) is 32.1 Å². The first kappa shape index (κ1) is 19.6. The van der Waals surface area contributed by atoms with Gasteiger partial charge in [0.15, 0.2) is 5.78 Å². The number of Topliss-reactive ketones (excluding diaryl/α,β-unsaturated/α-hetero) is 1. The number of hydrogen-bond donors (Lipinski definition) is 1. The van der Waals surface area contributed by atoms with Gasteiger partial charge in [-0.15, -0.1) is 0 Å². The number of anilines is 1. The summed E-state index contributed by atoms with van der Waals surface area (Å²) in [5, 5.41) is 11.5. The number of benzene rings is 1. The topological polar surface area (TPSA) is 99.1 Å². The lowest BCUT2D eigenvalue weighted by molar-refractivity contribution is -0.384. The number of nitrogens with two attached hydrogens (primary N) is 1. The van der Waals surface area contributed by atoms with Crippen LogP contribution < -0.4 is 5.73 Å². The zero-order valence-electron chi connectivity index (χ0n) is 15.1. The summed E-state index contributed by atoms with van der Waals surface area (Å²) in [6.45, 7) is 2.14. The largest absolute Gasteiger partial charge is 0.393 e. The molecule has 6 nitrogen and oxygen atoms in total. The number of carbonyl (C=O) groups excluding carboxylic acids is 1. The minimum Gasteiger partial charge on any atom is -0.393 e. The van der Waals surface area contributed by atoms with Crippen LogP contribution in [0, 0.1) is 10.1 Å². The number of ketones is 1. The zero-order chi connectivity index (χ0) is 18.9. The molecule has 0 bridgehead atoms. The maximum Gasteiger partial charge on any atom is 0.296 e. The maximum absolute atomic E-state index is 12.4. The monoisotopic (exact) mass is 355 g/mol. The van der Waals surface area contributed by atoms with Crippen LogP contribution in [0.4, 0.5) is 11.4 Å². The molecule has 2 N–H and O–H groups in total. The molecule has 2 aromatic rings. The van der Waals surface area contributed by atoms with Crippen molar-refractivity contribution < 1.29 is 9.72 Å². The van der Waals surface area contributed by atoms with Gasteiger partial charge in [-0.25, -0.2) is 0 Å². The predicted molar refractivity (Wildman–Crippen MR) is 102 cm³/mol. The Morgan fingerprint density at radius 2 is 1.92 bits per heavy atom. The molecule has 0 amide bonds. The summed E-state index contributed by atoms with van der Waals surface area (Å²) in [6.07, 6.45) is 7.47. The number of unbranched alkanes of at least 4 members (excludes halogenated alkanes) is 4. The Hall–Kier alpha value is -2.76. The SMILES string of the molecule is CCCCCCCC(=O)c1ccc(Cc2ccccn2)c([N+](=O)[O-])c1N. The molecule has 0 radical (unpaired) electrons.